The van der Waals surface area contributed by atoms with Gasteiger partial charge >= 0.3 is 5.69 Å². The highest BCUT2D eigenvalue weighted by molar-refractivity contribution is 9.10. The number of benzene rings is 2. The van der Waals surface area contributed by atoms with Crippen molar-refractivity contribution in [2.45, 2.75) is 6.54 Å². The van der Waals surface area contributed by atoms with Crippen LogP contribution in [0, 0.1) is 11.6 Å². The molecule has 5 nitrogen and oxygen atoms in total. The van der Waals surface area contributed by atoms with E-state index in [2.05, 4.69) is 31.1 Å². The highest BCUT2D eigenvalue weighted by Gasteiger charge is 2.28. The van der Waals surface area contributed by atoms with Gasteiger partial charge in [0.25, 0.3) is 0 Å². The highest BCUT2D eigenvalue weighted by atomic mass is 79.9. The Hall–Kier alpha value is -2.32. The molecule has 1 aliphatic heterocycles. The maximum absolute atomic E-state index is 14.4. The van der Waals surface area contributed by atoms with E-state index < -0.39 is 17.3 Å². The fraction of sp³-hybridized carbons (Fsp3) is 0.0625. The lowest BCUT2D eigenvalue weighted by Gasteiger charge is -2.14. The minimum atomic E-state index is -0.769. The first-order chi connectivity index (χ1) is 12.0. The van der Waals surface area contributed by atoms with Crippen molar-refractivity contribution in [1.82, 2.24) is 14.8 Å². The van der Waals surface area contributed by atoms with Gasteiger partial charge in [-0.3, -0.25) is 4.99 Å². The number of hydrogen-bond donors (Lipinski definition) is 1. The molecule has 0 radical (unpaired) electrons. The zero-order valence-corrected chi connectivity index (χ0v) is 14.7. The fourth-order valence-corrected chi connectivity index (χ4v) is 3.37. The summed E-state index contributed by atoms with van der Waals surface area (Å²) in [6.45, 7) is -0.0372. The molecule has 4 rings (SSSR count). The Kier molecular flexibility index (Phi) is 3.81. The minimum absolute atomic E-state index is 0.0294. The lowest BCUT2D eigenvalue weighted by Crippen LogP contribution is -2.19. The zero-order chi connectivity index (χ0) is 17.7. The first kappa shape index (κ1) is 16.2. The largest absolute Gasteiger partial charge is 0.348 e. The summed E-state index contributed by atoms with van der Waals surface area (Å²) in [6, 6.07) is 6.81. The maximum Gasteiger partial charge on any atom is 0.348 e. The van der Waals surface area contributed by atoms with Crippen molar-refractivity contribution in [3.8, 4) is 5.69 Å². The third-order valence-electron chi connectivity index (χ3n) is 3.87. The number of halogens is 4. The van der Waals surface area contributed by atoms with E-state index in [-0.39, 0.29) is 28.4 Å². The van der Waals surface area contributed by atoms with E-state index in [1.165, 1.54) is 10.6 Å². The van der Waals surface area contributed by atoms with E-state index in [0.29, 0.717) is 16.0 Å². The molecule has 0 bridgehead atoms. The molecular formula is C16H8BrClF2N4O. The molecule has 9 heteroatoms. The van der Waals surface area contributed by atoms with E-state index >= 15 is 0 Å². The van der Waals surface area contributed by atoms with Crippen LogP contribution in [0.4, 0.5) is 8.78 Å². The molecule has 1 N–H and O–H groups in total. The van der Waals surface area contributed by atoms with Crippen molar-refractivity contribution in [1.29, 1.82) is 0 Å². The topological polar surface area (TPSA) is 63.0 Å². The maximum atomic E-state index is 14.4. The lowest BCUT2D eigenvalue weighted by molar-refractivity contribution is 0.579. The second-order valence-corrected chi connectivity index (χ2v) is 6.53. The standard InChI is InChI=1S/C16H8BrClF2N4O/c17-7-4-5-10-13(14(7)18)15(12-8(19)2-1-3-9(12)20)21-6-11-22-23-16(25)24(10)11/h1-5H,6H2,(H,23,25). The molecular weight excluding hydrogens is 418 g/mol. The zero-order valence-electron chi connectivity index (χ0n) is 12.4. The van der Waals surface area contributed by atoms with Gasteiger partial charge in [0.1, 0.15) is 18.2 Å². The molecule has 0 fully saturated rings. The molecule has 2 aromatic carbocycles. The number of H-pyrrole nitrogens is 1. The number of aromatic nitrogens is 3. The highest BCUT2D eigenvalue weighted by Crippen LogP contribution is 2.35. The van der Waals surface area contributed by atoms with Gasteiger partial charge in [0.05, 0.1) is 22.0 Å². The summed E-state index contributed by atoms with van der Waals surface area (Å²) in [5, 5.41) is 6.46. The Morgan fingerprint density at radius 2 is 1.88 bits per heavy atom. The third kappa shape index (κ3) is 2.44. The van der Waals surface area contributed by atoms with Crippen molar-refractivity contribution >= 4 is 33.2 Å². The van der Waals surface area contributed by atoms with Gasteiger partial charge < -0.3 is 0 Å². The number of fused-ring (bicyclic) bond motifs is 3. The van der Waals surface area contributed by atoms with Gasteiger partial charge in [0.2, 0.25) is 0 Å². The molecule has 0 atom stereocenters. The molecule has 0 spiro atoms. The summed E-state index contributed by atoms with van der Waals surface area (Å²) in [7, 11) is 0. The van der Waals surface area contributed by atoms with Crippen molar-refractivity contribution in [2.24, 2.45) is 4.99 Å². The Labute approximate surface area is 153 Å². The van der Waals surface area contributed by atoms with Gasteiger partial charge in [-0.1, -0.05) is 17.7 Å². The van der Waals surface area contributed by atoms with Gasteiger partial charge in [-0.2, -0.15) is 5.10 Å². The average Bonchev–Trinajstić information content (AvgIpc) is 2.85. The first-order valence-electron chi connectivity index (χ1n) is 7.13. The Morgan fingerprint density at radius 1 is 1.16 bits per heavy atom. The molecule has 0 saturated carbocycles. The van der Waals surface area contributed by atoms with Crippen LogP contribution in [0.3, 0.4) is 0 Å². The molecule has 0 saturated heterocycles. The van der Waals surface area contributed by atoms with Crippen LogP contribution in [0.5, 0.6) is 0 Å². The van der Waals surface area contributed by atoms with Crippen LogP contribution in [0.2, 0.25) is 5.02 Å². The first-order valence-corrected chi connectivity index (χ1v) is 8.30. The molecule has 25 heavy (non-hydrogen) atoms. The molecule has 1 aromatic heterocycles. The van der Waals surface area contributed by atoms with Crippen LogP contribution < -0.4 is 5.69 Å². The second-order valence-electron chi connectivity index (χ2n) is 5.30. The van der Waals surface area contributed by atoms with E-state index in [4.69, 9.17) is 11.6 Å². The number of aliphatic imine (C=N–C) groups is 1. The number of rotatable bonds is 1. The lowest BCUT2D eigenvalue weighted by atomic mass is 9.99. The summed E-state index contributed by atoms with van der Waals surface area (Å²) in [5.74, 6) is -1.22. The van der Waals surface area contributed by atoms with E-state index in [1.54, 1.807) is 12.1 Å². The van der Waals surface area contributed by atoms with Gasteiger partial charge in [-0.15, -0.1) is 0 Å². The molecule has 2 heterocycles. The normalized spacial score (nSPS) is 13.0. The summed E-state index contributed by atoms with van der Waals surface area (Å²) in [4.78, 5) is 16.4. The predicted molar refractivity (Wildman–Crippen MR) is 92.6 cm³/mol. The van der Waals surface area contributed by atoms with Crippen LogP contribution in [0.25, 0.3) is 5.69 Å². The van der Waals surface area contributed by atoms with Gasteiger partial charge in [-0.25, -0.2) is 23.2 Å². The average molecular weight is 426 g/mol. The van der Waals surface area contributed by atoms with Crippen LogP contribution in [0.1, 0.15) is 17.0 Å². The van der Waals surface area contributed by atoms with Crippen molar-refractivity contribution in [3.63, 3.8) is 0 Å². The Balaban J connectivity index is 2.12. The van der Waals surface area contributed by atoms with E-state index in [9.17, 15) is 13.6 Å². The van der Waals surface area contributed by atoms with Crippen LogP contribution in [-0.4, -0.2) is 20.5 Å². The van der Waals surface area contributed by atoms with E-state index in [1.807, 2.05) is 0 Å². The molecule has 0 aliphatic carbocycles. The van der Waals surface area contributed by atoms with Crippen LogP contribution >= 0.6 is 27.5 Å². The number of nitrogens with zero attached hydrogens (tertiary/aromatic N) is 3. The smallest absolute Gasteiger partial charge is 0.276 e. The van der Waals surface area contributed by atoms with Crippen LogP contribution in [0.15, 0.2) is 44.6 Å². The molecule has 126 valence electrons. The molecule has 0 amide bonds. The minimum Gasteiger partial charge on any atom is -0.276 e. The predicted octanol–water partition coefficient (Wildman–Crippen LogP) is 3.61. The van der Waals surface area contributed by atoms with Crippen molar-refractivity contribution in [3.05, 3.63) is 78.9 Å². The number of aromatic amines is 1. The molecule has 3 aromatic rings. The Morgan fingerprint density at radius 3 is 2.60 bits per heavy atom. The summed E-state index contributed by atoms with van der Waals surface area (Å²) in [5.41, 5.74) is -0.157. The SMILES string of the molecule is O=c1[nH]nc2n1-c1ccc(Br)c(Cl)c1C(c1c(F)cccc1F)=NC2. The second kappa shape index (κ2) is 5.89. The monoisotopic (exact) mass is 424 g/mol. The van der Waals surface area contributed by atoms with Gasteiger partial charge in [-0.05, 0) is 40.2 Å². The fourth-order valence-electron chi connectivity index (χ4n) is 2.79. The van der Waals surface area contributed by atoms with Crippen LogP contribution in [-0.2, 0) is 6.54 Å². The molecule has 1 aliphatic rings. The Bertz CT molecular complexity index is 1090. The summed E-state index contributed by atoms with van der Waals surface area (Å²) < 4.78 is 30.5. The van der Waals surface area contributed by atoms with Gasteiger partial charge in [0.15, 0.2) is 5.82 Å². The quantitative estimate of drug-likeness (QED) is 0.647. The molecule has 0 unspecified atom stereocenters. The number of nitrogens with one attached hydrogen (secondary N) is 1. The summed E-state index contributed by atoms with van der Waals surface area (Å²) in [6.07, 6.45) is 0. The van der Waals surface area contributed by atoms with Crippen molar-refractivity contribution in [2.75, 3.05) is 0 Å². The van der Waals surface area contributed by atoms with E-state index in [0.717, 1.165) is 12.1 Å². The van der Waals surface area contributed by atoms with Crippen molar-refractivity contribution < 1.29 is 8.78 Å². The third-order valence-corrected chi connectivity index (χ3v) is 5.15. The van der Waals surface area contributed by atoms with Gasteiger partial charge in [0, 0.05) is 10.0 Å². The summed E-state index contributed by atoms with van der Waals surface area (Å²) >= 11 is 9.70. The number of hydrogen-bond acceptors (Lipinski definition) is 3.